The number of benzene rings is 2. The summed E-state index contributed by atoms with van der Waals surface area (Å²) in [5.74, 6) is 1.48. The highest BCUT2D eigenvalue weighted by molar-refractivity contribution is 6.05. The van der Waals surface area contributed by atoms with E-state index in [1.54, 1.807) is 20.2 Å². The molecule has 0 aliphatic heterocycles. The number of carbonyl (C=O) groups excluding carboxylic acids is 1. The number of hydrogen-bond donors (Lipinski definition) is 2. The lowest BCUT2D eigenvalue weighted by Gasteiger charge is -2.26. The second-order valence-electron chi connectivity index (χ2n) is 9.14. The number of ether oxygens (including phenoxy) is 1. The van der Waals surface area contributed by atoms with E-state index in [0.717, 1.165) is 35.5 Å². The molecule has 0 saturated carbocycles. The molecule has 0 spiro atoms. The van der Waals surface area contributed by atoms with Gasteiger partial charge in [0.05, 0.1) is 29.7 Å². The monoisotopic (exact) mass is 499 g/mol. The lowest BCUT2D eigenvalue weighted by atomic mass is 10.2. The summed E-state index contributed by atoms with van der Waals surface area (Å²) in [6.45, 7) is 7.06. The maximum Gasteiger partial charge on any atom is 0.250 e. The summed E-state index contributed by atoms with van der Waals surface area (Å²) in [7, 11) is 7.64. The zero-order valence-electron chi connectivity index (χ0n) is 21.9. The minimum absolute atomic E-state index is 0.254. The normalized spacial score (nSPS) is 11.0. The molecule has 37 heavy (non-hydrogen) atoms. The van der Waals surface area contributed by atoms with Crippen molar-refractivity contribution in [1.29, 1.82) is 0 Å². The second-order valence-corrected chi connectivity index (χ2v) is 9.14. The van der Waals surface area contributed by atoms with E-state index in [0.29, 0.717) is 28.6 Å². The average molecular weight is 500 g/mol. The maximum atomic E-state index is 12.5. The number of fused-ring (bicyclic) bond motifs is 1. The van der Waals surface area contributed by atoms with Crippen LogP contribution in [0, 0.1) is 0 Å². The number of para-hydroxylation sites is 1. The molecule has 0 aliphatic carbocycles. The van der Waals surface area contributed by atoms with Gasteiger partial charge in [-0.2, -0.15) is 4.98 Å². The van der Waals surface area contributed by atoms with Crippen molar-refractivity contribution in [2.75, 3.05) is 56.9 Å². The fraction of sp³-hybridized carbons (Fsp3) is 0.250. The largest absolute Gasteiger partial charge is 0.494 e. The number of carbonyl (C=O) groups is 1. The van der Waals surface area contributed by atoms with Crippen LogP contribution < -0.4 is 20.3 Å². The molecule has 0 radical (unpaired) electrons. The number of nitrogens with zero attached hydrogens (tertiary/aromatic N) is 5. The minimum Gasteiger partial charge on any atom is -0.494 e. The van der Waals surface area contributed by atoms with Gasteiger partial charge in [-0.05, 0) is 50.7 Å². The maximum absolute atomic E-state index is 12.5. The van der Waals surface area contributed by atoms with Crippen LogP contribution >= 0.6 is 0 Å². The molecule has 0 atom stereocenters. The fourth-order valence-electron chi connectivity index (χ4n) is 3.90. The van der Waals surface area contributed by atoms with Crippen molar-refractivity contribution in [3.8, 4) is 11.6 Å². The second kappa shape index (κ2) is 11.1. The Morgan fingerprint density at radius 3 is 2.59 bits per heavy atom. The number of aromatic nitrogens is 3. The van der Waals surface area contributed by atoms with Gasteiger partial charge in [0.2, 0.25) is 5.95 Å². The summed E-state index contributed by atoms with van der Waals surface area (Å²) in [6, 6.07) is 15.8. The molecule has 0 saturated heterocycles. The SMILES string of the molecule is C=C(C)C(=O)Nc1cc(Nc2nccc(-n3ccc4ccccc43)n2)c(OC)cc1N(C)CCN(C)C. The topological polar surface area (TPSA) is 87.5 Å². The predicted molar refractivity (Wildman–Crippen MR) is 150 cm³/mol. The summed E-state index contributed by atoms with van der Waals surface area (Å²) >= 11 is 0. The smallest absolute Gasteiger partial charge is 0.250 e. The van der Waals surface area contributed by atoms with E-state index in [1.165, 1.54) is 0 Å². The molecule has 9 nitrogen and oxygen atoms in total. The molecule has 4 rings (SSSR count). The van der Waals surface area contributed by atoms with Gasteiger partial charge in [0.1, 0.15) is 11.6 Å². The molecule has 9 heteroatoms. The zero-order valence-corrected chi connectivity index (χ0v) is 21.9. The van der Waals surface area contributed by atoms with Crippen LogP contribution in [0.25, 0.3) is 16.7 Å². The zero-order chi connectivity index (χ0) is 26.5. The molecule has 0 bridgehead atoms. The molecule has 192 valence electrons. The van der Waals surface area contributed by atoms with E-state index >= 15 is 0 Å². The average Bonchev–Trinajstić information content (AvgIpc) is 3.32. The van der Waals surface area contributed by atoms with E-state index in [-0.39, 0.29) is 5.91 Å². The minimum atomic E-state index is -0.254. The molecule has 4 aromatic rings. The van der Waals surface area contributed by atoms with Crippen LogP contribution in [0.3, 0.4) is 0 Å². The van der Waals surface area contributed by atoms with Gasteiger partial charge in [-0.15, -0.1) is 0 Å². The van der Waals surface area contributed by atoms with Crippen molar-refractivity contribution in [1.82, 2.24) is 19.4 Å². The van der Waals surface area contributed by atoms with Crippen molar-refractivity contribution in [3.63, 3.8) is 0 Å². The van der Waals surface area contributed by atoms with Crippen molar-refractivity contribution >= 4 is 39.8 Å². The van der Waals surface area contributed by atoms with Gasteiger partial charge in [0.15, 0.2) is 0 Å². The Morgan fingerprint density at radius 1 is 1.08 bits per heavy atom. The van der Waals surface area contributed by atoms with Crippen molar-refractivity contribution in [2.45, 2.75) is 6.92 Å². The summed E-state index contributed by atoms with van der Waals surface area (Å²) < 4.78 is 7.73. The number of nitrogens with one attached hydrogen (secondary N) is 2. The third kappa shape index (κ3) is 5.90. The first kappa shape index (κ1) is 25.7. The quantitative estimate of drug-likeness (QED) is 0.306. The highest BCUT2D eigenvalue weighted by Crippen LogP contribution is 2.38. The van der Waals surface area contributed by atoms with Crippen LogP contribution in [-0.2, 0) is 4.79 Å². The first-order valence-electron chi connectivity index (χ1n) is 12.0. The number of anilines is 4. The Bertz CT molecular complexity index is 1430. The molecule has 2 N–H and O–H groups in total. The standard InChI is InChI=1S/C28H33N7O2/c1-19(2)27(36)30-21-17-22(25(37-6)18-24(21)34(5)16-15-33(3)4)31-28-29-13-11-26(32-28)35-14-12-20-9-7-8-10-23(20)35/h7-14,17-18H,1,15-16H2,2-6H3,(H,30,36)(H,29,31,32). The van der Waals surface area contributed by atoms with Crippen molar-refractivity contribution in [3.05, 3.63) is 73.1 Å². The molecule has 2 aromatic carbocycles. The summed E-state index contributed by atoms with van der Waals surface area (Å²) in [5.41, 5.74) is 3.55. The lowest BCUT2D eigenvalue weighted by Crippen LogP contribution is -2.29. The lowest BCUT2D eigenvalue weighted by molar-refractivity contribution is -0.112. The summed E-state index contributed by atoms with van der Waals surface area (Å²) in [6.07, 6.45) is 3.69. The van der Waals surface area contributed by atoms with Crippen LogP contribution in [0.2, 0.25) is 0 Å². The molecule has 1 amide bonds. The molecule has 2 aromatic heterocycles. The van der Waals surface area contributed by atoms with Gasteiger partial charge in [0.25, 0.3) is 5.91 Å². The van der Waals surface area contributed by atoms with E-state index < -0.39 is 0 Å². The van der Waals surface area contributed by atoms with E-state index in [4.69, 9.17) is 9.72 Å². The van der Waals surface area contributed by atoms with Gasteiger partial charge < -0.3 is 29.7 Å². The summed E-state index contributed by atoms with van der Waals surface area (Å²) in [5, 5.41) is 7.38. The van der Waals surface area contributed by atoms with Gasteiger partial charge in [0, 0.05) is 44.2 Å². The highest BCUT2D eigenvalue weighted by atomic mass is 16.5. The first-order chi connectivity index (χ1) is 17.8. The Hall–Kier alpha value is -4.37. The Morgan fingerprint density at radius 2 is 1.86 bits per heavy atom. The van der Waals surface area contributed by atoms with Crippen LogP contribution in [0.5, 0.6) is 5.75 Å². The highest BCUT2D eigenvalue weighted by Gasteiger charge is 2.17. The molecular weight excluding hydrogens is 466 g/mol. The van der Waals surface area contributed by atoms with Crippen LogP contribution in [0.4, 0.5) is 23.0 Å². The van der Waals surface area contributed by atoms with Crippen LogP contribution in [0.1, 0.15) is 6.92 Å². The number of methoxy groups -OCH3 is 1. The molecule has 0 fully saturated rings. The van der Waals surface area contributed by atoms with Crippen LogP contribution in [0.15, 0.2) is 73.1 Å². The van der Waals surface area contributed by atoms with Crippen molar-refractivity contribution < 1.29 is 9.53 Å². The Labute approximate surface area is 217 Å². The summed E-state index contributed by atoms with van der Waals surface area (Å²) in [4.78, 5) is 25.9. The Kier molecular flexibility index (Phi) is 7.74. The van der Waals surface area contributed by atoms with E-state index in [2.05, 4.69) is 50.2 Å². The number of amides is 1. The van der Waals surface area contributed by atoms with Gasteiger partial charge in [-0.1, -0.05) is 24.8 Å². The van der Waals surface area contributed by atoms with E-state index in [9.17, 15) is 4.79 Å². The third-order valence-electron chi connectivity index (χ3n) is 5.98. The van der Waals surface area contributed by atoms with Crippen molar-refractivity contribution in [2.24, 2.45) is 0 Å². The number of likely N-dealkylation sites (N-methyl/N-ethyl adjacent to an activating group) is 2. The number of rotatable bonds is 10. The molecular formula is C28H33N7O2. The molecule has 2 heterocycles. The number of hydrogen-bond acceptors (Lipinski definition) is 7. The molecule has 0 aliphatic rings. The third-order valence-corrected chi connectivity index (χ3v) is 5.98. The van der Waals surface area contributed by atoms with Gasteiger partial charge in [-0.3, -0.25) is 4.79 Å². The van der Waals surface area contributed by atoms with Gasteiger partial charge >= 0.3 is 0 Å². The molecule has 0 unspecified atom stereocenters. The first-order valence-corrected chi connectivity index (χ1v) is 12.0. The van der Waals surface area contributed by atoms with Gasteiger partial charge in [-0.25, -0.2) is 4.98 Å². The van der Waals surface area contributed by atoms with Crippen LogP contribution in [-0.4, -0.2) is 66.7 Å². The predicted octanol–water partition coefficient (Wildman–Crippen LogP) is 4.69. The van der Waals surface area contributed by atoms with E-state index in [1.807, 2.05) is 62.2 Å². The Balaban J connectivity index is 1.70. The fourth-order valence-corrected chi connectivity index (χ4v) is 3.90.